The maximum Gasteiger partial charge on any atom is 0.235 e. The molecule has 0 saturated heterocycles. The van der Waals surface area contributed by atoms with Gasteiger partial charge in [-0.2, -0.15) is 0 Å². The van der Waals surface area contributed by atoms with Gasteiger partial charge < -0.3 is 0 Å². The van der Waals surface area contributed by atoms with E-state index in [4.69, 9.17) is 0 Å². The van der Waals surface area contributed by atoms with E-state index < -0.39 is 6.43 Å². The molecule has 5 rings (SSSR count). The molecule has 2 unspecified atom stereocenters. The van der Waals surface area contributed by atoms with Crippen molar-refractivity contribution in [3.63, 3.8) is 0 Å². The Kier molecular flexibility index (Phi) is 16.0. The monoisotopic (exact) mass is 671 g/mol. The minimum Gasteiger partial charge on any atom is -0.299 e. The summed E-state index contributed by atoms with van der Waals surface area (Å²) in [7, 11) is 0. The van der Waals surface area contributed by atoms with Crippen LogP contribution in [0.2, 0.25) is 0 Å². The molecule has 0 spiro atoms. The van der Waals surface area contributed by atoms with Gasteiger partial charge in [-0.05, 0) is 99.0 Å². The molecule has 1 heterocycles. The van der Waals surface area contributed by atoms with Gasteiger partial charge in [0.05, 0.1) is 5.71 Å². The zero-order valence-electron chi connectivity index (χ0n) is 31.0. The van der Waals surface area contributed by atoms with Crippen LogP contribution in [-0.4, -0.2) is 23.7 Å². The van der Waals surface area contributed by atoms with Crippen LogP contribution in [0.4, 0.5) is 8.78 Å². The topological polar surface area (TPSA) is 46.5 Å². The van der Waals surface area contributed by atoms with Gasteiger partial charge in [0.2, 0.25) is 6.43 Å². The van der Waals surface area contributed by atoms with E-state index in [9.17, 15) is 18.4 Å². The molecule has 0 radical (unpaired) electrons. The summed E-state index contributed by atoms with van der Waals surface area (Å²) < 4.78 is 20.7. The molecular formula is C44H59F2NO2. The summed E-state index contributed by atoms with van der Waals surface area (Å²) in [5.41, 5.74) is 8.70. The van der Waals surface area contributed by atoms with Gasteiger partial charge in [-0.25, -0.2) is 8.78 Å². The zero-order chi connectivity index (χ0) is 36.0. The minimum absolute atomic E-state index is 0.259. The third kappa shape index (κ3) is 12.4. The number of benzene rings is 2. The van der Waals surface area contributed by atoms with Gasteiger partial charge >= 0.3 is 0 Å². The summed E-state index contributed by atoms with van der Waals surface area (Å²) in [6.07, 6.45) is 19.5. The van der Waals surface area contributed by atoms with Crippen LogP contribution in [0.1, 0.15) is 131 Å². The van der Waals surface area contributed by atoms with Crippen LogP contribution in [-0.2, 0) is 11.2 Å². The highest BCUT2D eigenvalue weighted by Crippen LogP contribution is 2.48. The Hall–Kier alpha value is -3.47. The first-order valence-corrected chi connectivity index (χ1v) is 18.5. The maximum absolute atomic E-state index is 12.8. The lowest BCUT2D eigenvalue weighted by molar-refractivity contribution is -0.130. The fourth-order valence-corrected chi connectivity index (χ4v) is 7.15. The molecule has 266 valence electrons. The molecule has 5 heteroatoms. The highest BCUT2D eigenvalue weighted by molar-refractivity contribution is 6.09. The van der Waals surface area contributed by atoms with Crippen molar-refractivity contribution in [2.45, 2.75) is 126 Å². The molecule has 1 saturated carbocycles. The first kappa shape index (κ1) is 40.0. The van der Waals surface area contributed by atoms with Gasteiger partial charge in [0, 0.05) is 36.4 Å². The summed E-state index contributed by atoms with van der Waals surface area (Å²) in [5.74, 6) is 1.76. The van der Waals surface area contributed by atoms with Gasteiger partial charge in [-0.1, -0.05) is 113 Å². The number of carbonyl (C=O) groups excluding carboxylic acids is 2. The summed E-state index contributed by atoms with van der Waals surface area (Å²) in [6.45, 7) is 13.8. The lowest BCUT2D eigenvalue weighted by Crippen LogP contribution is -2.38. The van der Waals surface area contributed by atoms with Crippen LogP contribution in [0, 0.1) is 37.0 Å². The number of rotatable bonds is 13. The summed E-state index contributed by atoms with van der Waals surface area (Å²) in [4.78, 5) is 29.7. The Morgan fingerprint density at radius 3 is 2.29 bits per heavy atom. The molecule has 2 aromatic rings. The molecule has 2 aliphatic carbocycles. The van der Waals surface area contributed by atoms with Crippen molar-refractivity contribution in [1.82, 2.24) is 0 Å². The third-order valence-corrected chi connectivity index (χ3v) is 10.3. The van der Waals surface area contributed by atoms with E-state index in [0.29, 0.717) is 41.8 Å². The molecular weight excluding hydrogens is 612 g/mol. The Morgan fingerprint density at radius 1 is 0.980 bits per heavy atom. The number of alkyl halides is 2. The molecule has 0 N–H and O–H groups in total. The van der Waals surface area contributed by atoms with Crippen molar-refractivity contribution >= 4 is 22.9 Å². The number of fused-ring (bicyclic) bond motifs is 1. The first-order chi connectivity index (χ1) is 23.4. The second-order valence-electron chi connectivity index (χ2n) is 14.5. The Labute approximate surface area is 295 Å². The number of carbonyl (C=O) groups is 2. The minimum atomic E-state index is -2.17. The van der Waals surface area contributed by atoms with Crippen LogP contribution in [0.5, 0.6) is 0 Å². The van der Waals surface area contributed by atoms with Gasteiger partial charge in [-0.3, -0.25) is 14.6 Å². The van der Waals surface area contributed by atoms with Crippen LogP contribution in [0.25, 0.3) is 5.57 Å². The van der Waals surface area contributed by atoms with E-state index >= 15 is 0 Å². The molecule has 2 aromatic carbocycles. The lowest BCUT2D eigenvalue weighted by Gasteiger charge is -2.44. The van der Waals surface area contributed by atoms with Crippen molar-refractivity contribution in [2.24, 2.45) is 28.2 Å². The highest BCUT2D eigenvalue weighted by atomic mass is 19.3. The number of ketones is 2. The Balaban J connectivity index is 0.000000253. The molecule has 3 nitrogen and oxygen atoms in total. The number of allylic oxidation sites excluding steroid dienone is 5. The lowest BCUT2D eigenvalue weighted by atomic mass is 9.60. The van der Waals surface area contributed by atoms with E-state index in [-0.39, 0.29) is 5.78 Å². The van der Waals surface area contributed by atoms with Crippen molar-refractivity contribution < 1.29 is 18.4 Å². The second-order valence-corrected chi connectivity index (χ2v) is 14.5. The highest BCUT2D eigenvalue weighted by Gasteiger charge is 2.41. The van der Waals surface area contributed by atoms with E-state index in [1.807, 2.05) is 25.3 Å². The van der Waals surface area contributed by atoms with E-state index in [0.717, 1.165) is 69.4 Å². The van der Waals surface area contributed by atoms with Crippen LogP contribution < -0.4 is 0 Å². The average Bonchev–Trinajstić information content (AvgIpc) is 3.30. The van der Waals surface area contributed by atoms with Crippen molar-refractivity contribution in [3.05, 3.63) is 101 Å². The quantitative estimate of drug-likeness (QED) is 0.157. The Bertz CT molecular complexity index is 1490. The molecule has 1 fully saturated rings. The van der Waals surface area contributed by atoms with Gasteiger partial charge in [-0.15, -0.1) is 0 Å². The summed E-state index contributed by atoms with van der Waals surface area (Å²) in [6, 6.07) is 14.9. The molecule has 0 amide bonds. The summed E-state index contributed by atoms with van der Waals surface area (Å²) in [5, 5.41) is 0. The zero-order valence-corrected chi connectivity index (χ0v) is 31.0. The van der Waals surface area contributed by atoms with E-state index in [2.05, 4.69) is 94.2 Å². The first-order valence-electron chi connectivity index (χ1n) is 18.5. The second kappa shape index (κ2) is 19.6. The number of halogens is 2. The van der Waals surface area contributed by atoms with E-state index in [1.165, 1.54) is 34.4 Å². The number of aliphatic imine (C=N–C) groups is 1. The fraction of sp³-hybridized carbons (Fsp3) is 0.523. The molecule has 49 heavy (non-hydrogen) atoms. The predicted octanol–water partition coefficient (Wildman–Crippen LogP) is 12.3. The van der Waals surface area contributed by atoms with Crippen LogP contribution in [0.15, 0.2) is 78.0 Å². The van der Waals surface area contributed by atoms with Gasteiger partial charge in [0.25, 0.3) is 0 Å². The normalized spacial score (nSPS) is 21.2. The number of nitrogens with zero attached hydrogens (tertiary/aromatic N) is 1. The number of Topliss-reactive ketones (excluding diaryl/α,β-unsaturated/α-hetero) is 2. The number of hydrogen-bond acceptors (Lipinski definition) is 3. The summed E-state index contributed by atoms with van der Waals surface area (Å²) >= 11 is 0. The standard InChI is InChI=1S/C25H38O2.C17H17N.C2H4F2/c1-6-9-20(15-24(27)22-13-12-18(3)14-19(22)4)10-8-11-23(26)21-16-25(5,7-2)17-21;1-2-13-8-10-14(11-9-13)16-12-18-17-7-5-3-4-6-15(16)17;1-2(3)4/h12-14,20-21H,6-11,15-17H2,1-5H3;4-12,15H,2-3H2,1H3;2H,1H3. The van der Waals surface area contributed by atoms with Crippen LogP contribution in [0.3, 0.4) is 0 Å². The molecule has 0 aromatic heterocycles. The van der Waals surface area contributed by atoms with Gasteiger partial charge in [0.1, 0.15) is 5.78 Å². The Morgan fingerprint density at radius 2 is 1.67 bits per heavy atom. The fourth-order valence-electron chi connectivity index (χ4n) is 7.15. The van der Waals surface area contributed by atoms with E-state index in [1.54, 1.807) is 0 Å². The molecule has 3 aliphatic rings. The van der Waals surface area contributed by atoms with Gasteiger partial charge in [0.15, 0.2) is 5.78 Å². The largest absolute Gasteiger partial charge is 0.299 e. The molecule has 1 aliphatic heterocycles. The van der Waals surface area contributed by atoms with Crippen LogP contribution >= 0.6 is 0 Å². The SMILES string of the molecule is CC(F)F.CCCC(CCCC(=O)C1CC(C)(CC)C1)CC(=O)c1ccc(C)cc1C.CCc1ccc(C2=CN=C3C=CCC=CC23)cc1. The van der Waals surface area contributed by atoms with Crippen molar-refractivity contribution in [2.75, 3.05) is 0 Å². The van der Waals surface area contributed by atoms with Crippen molar-refractivity contribution in [3.8, 4) is 0 Å². The average molecular weight is 672 g/mol. The predicted molar refractivity (Wildman–Crippen MR) is 203 cm³/mol. The molecule has 0 bridgehead atoms. The molecule has 2 atom stereocenters. The number of aryl methyl sites for hydroxylation is 3. The van der Waals surface area contributed by atoms with Crippen molar-refractivity contribution in [1.29, 1.82) is 0 Å². The third-order valence-electron chi connectivity index (χ3n) is 10.3. The smallest absolute Gasteiger partial charge is 0.235 e. The maximum atomic E-state index is 12.8. The number of hydrogen-bond donors (Lipinski definition) is 0.